The summed E-state index contributed by atoms with van der Waals surface area (Å²) in [4.78, 5) is 45.4. The van der Waals surface area contributed by atoms with Crippen molar-refractivity contribution in [2.75, 3.05) is 13.2 Å². The fraction of sp³-hybridized carbons (Fsp3) is 0.571. The number of aryl methyl sites for hydroxylation is 1. The van der Waals surface area contributed by atoms with Crippen LogP contribution in [0.4, 0.5) is 0 Å². The predicted molar refractivity (Wildman–Crippen MR) is 181 cm³/mol. The molecule has 0 bridgehead atoms. The van der Waals surface area contributed by atoms with E-state index in [1.54, 1.807) is 45.0 Å². The highest BCUT2D eigenvalue weighted by Gasteiger charge is 2.38. The fourth-order valence-electron chi connectivity index (χ4n) is 5.65. The molecule has 1 fully saturated rings. The van der Waals surface area contributed by atoms with Crippen molar-refractivity contribution in [3.05, 3.63) is 46.1 Å². The lowest BCUT2D eigenvalue weighted by Gasteiger charge is -2.36. The zero-order valence-corrected chi connectivity index (χ0v) is 29.6. The largest absolute Gasteiger partial charge is 0.453 e. The molecular weight excluding hydrogens is 619 g/mol. The van der Waals surface area contributed by atoms with Crippen LogP contribution in [0.3, 0.4) is 0 Å². The molecule has 1 amide bonds. The first-order chi connectivity index (χ1) is 22.2. The third-order valence-electron chi connectivity index (χ3n) is 8.03. The fourth-order valence-corrected chi connectivity index (χ4v) is 7.36. The third-order valence-corrected chi connectivity index (χ3v) is 10.2. The molecule has 1 aliphatic carbocycles. The second-order valence-corrected chi connectivity index (χ2v) is 14.9. The number of amides is 1. The lowest BCUT2D eigenvalue weighted by atomic mass is 9.97. The molecule has 12 heteroatoms. The van der Waals surface area contributed by atoms with Crippen LogP contribution in [0, 0.1) is 16.7 Å². The first-order valence-corrected chi connectivity index (χ1v) is 17.5. The molecule has 0 spiro atoms. The van der Waals surface area contributed by atoms with E-state index in [2.05, 4.69) is 50.3 Å². The van der Waals surface area contributed by atoms with E-state index in [-0.39, 0.29) is 60.8 Å². The lowest BCUT2D eigenvalue weighted by molar-refractivity contribution is -0.143. The number of benzene rings is 2. The van der Waals surface area contributed by atoms with Gasteiger partial charge in [-0.3, -0.25) is 14.4 Å². The Bertz CT molecular complexity index is 1620. The Morgan fingerprint density at radius 2 is 1.89 bits per heavy atom. The Kier molecular flexibility index (Phi) is 12.1. The van der Waals surface area contributed by atoms with Gasteiger partial charge in [-0.15, -0.1) is 0 Å². The van der Waals surface area contributed by atoms with E-state index in [0.717, 1.165) is 6.42 Å². The standard InChI is InChI=1S/C35H47N4O7P/c1-9-25-18-27(46-47(43-16-10-15-36)39(22(2)3)23(4)5)21-38(25)33(41)14-11-24-17-29-32(20-30(24)40)45-31-19-26(12-13-28(31)37-29)44-34(42)35(6,7)8/h12-13,17,19-20,22-23,25,27H,9-11,14,16,18,21H2,1-8H3/t25-,27-,47?/m1/s1. The predicted octanol–water partition coefficient (Wildman–Crippen LogP) is 6.85. The number of nitrogens with zero attached hydrogens (tertiary/aromatic N) is 4. The Morgan fingerprint density at radius 1 is 1.17 bits per heavy atom. The number of rotatable bonds is 13. The minimum atomic E-state index is -1.41. The van der Waals surface area contributed by atoms with Crippen molar-refractivity contribution >= 4 is 31.5 Å². The van der Waals surface area contributed by atoms with E-state index >= 15 is 0 Å². The lowest BCUT2D eigenvalue weighted by Crippen LogP contribution is -2.37. The number of hydrogen-bond acceptors (Lipinski definition) is 10. The first kappa shape index (κ1) is 36.4. The molecule has 3 aliphatic rings. The van der Waals surface area contributed by atoms with Gasteiger partial charge in [0, 0.05) is 48.8 Å². The minimum Gasteiger partial charge on any atom is -0.453 e. The van der Waals surface area contributed by atoms with Crippen LogP contribution in [0.25, 0.3) is 22.6 Å². The molecule has 0 aromatic heterocycles. The van der Waals surface area contributed by atoms with E-state index < -0.39 is 13.9 Å². The van der Waals surface area contributed by atoms with Crippen molar-refractivity contribution < 1.29 is 27.8 Å². The van der Waals surface area contributed by atoms with Crippen molar-refractivity contribution in [3.63, 3.8) is 0 Å². The van der Waals surface area contributed by atoms with Crippen LogP contribution in [0.5, 0.6) is 5.75 Å². The van der Waals surface area contributed by atoms with Gasteiger partial charge >= 0.3 is 5.97 Å². The van der Waals surface area contributed by atoms with Crippen molar-refractivity contribution in [1.29, 1.82) is 5.26 Å². The number of aromatic nitrogens is 1. The van der Waals surface area contributed by atoms with Gasteiger partial charge in [-0.1, -0.05) is 6.92 Å². The number of fused-ring (bicyclic) bond motifs is 2. The summed E-state index contributed by atoms with van der Waals surface area (Å²) in [5, 5.41) is 9.02. The molecule has 2 aliphatic heterocycles. The normalized spacial score (nSPS) is 17.6. The number of esters is 1. The number of carbonyl (C=O) groups excluding carboxylic acids is 2. The summed E-state index contributed by atoms with van der Waals surface area (Å²) in [5.74, 6) is 0.243. The highest BCUT2D eigenvalue weighted by atomic mass is 31.2. The van der Waals surface area contributed by atoms with Crippen molar-refractivity contribution in [1.82, 2.24) is 14.6 Å². The third kappa shape index (κ3) is 9.14. The zero-order valence-electron chi connectivity index (χ0n) is 28.7. The van der Waals surface area contributed by atoms with Crippen molar-refractivity contribution in [2.45, 2.75) is 112 Å². The quantitative estimate of drug-likeness (QED) is 0.0627. The molecule has 11 nitrogen and oxygen atoms in total. The second kappa shape index (κ2) is 15.7. The molecule has 0 saturated carbocycles. The van der Waals surface area contributed by atoms with Gasteiger partial charge in [-0.05, 0) is 85.9 Å². The molecule has 1 saturated heterocycles. The maximum Gasteiger partial charge on any atom is 0.316 e. The van der Waals surface area contributed by atoms with Crippen molar-refractivity contribution in [2.24, 2.45) is 5.41 Å². The molecule has 0 N–H and O–H groups in total. The first-order valence-electron chi connectivity index (χ1n) is 16.4. The highest BCUT2D eigenvalue weighted by molar-refractivity contribution is 7.44. The van der Waals surface area contributed by atoms with Crippen LogP contribution in [-0.4, -0.2) is 63.8 Å². The number of hydrogen-bond donors (Lipinski definition) is 0. The Hall–Kier alpha value is -3.42. The zero-order chi connectivity index (χ0) is 34.5. The number of likely N-dealkylation sites (tertiary alicyclic amines) is 1. The summed E-state index contributed by atoms with van der Waals surface area (Å²) < 4.78 is 26.3. The minimum absolute atomic E-state index is 0.0257. The molecule has 4 rings (SSSR count). The summed E-state index contributed by atoms with van der Waals surface area (Å²) in [6.45, 7) is 16.5. The van der Waals surface area contributed by atoms with E-state index in [0.29, 0.717) is 53.4 Å². The van der Waals surface area contributed by atoms with Crippen LogP contribution in [0.2, 0.25) is 0 Å². The van der Waals surface area contributed by atoms with Gasteiger partial charge in [0.2, 0.25) is 5.91 Å². The monoisotopic (exact) mass is 666 g/mol. The maximum absolute atomic E-state index is 13.5. The van der Waals surface area contributed by atoms with E-state index in [9.17, 15) is 14.4 Å². The number of carbonyl (C=O) groups is 2. The smallest absolute Gasteiger partial charge is 0.316 e. The molecule has 1 aromatic rings. The number of ether oxygens (including phenoxy) is 1. The molecule has 3 atom stereocenters. The average Bonchev–Trinajstić information content (AvgIpc) is 3.41. The van der Waals surface area contributed by atoms with Gasteiger partial charge in [-0.2, -0.15) is 5.26 Å². The number of nitriles is 1. The second-order valence-electron chi connectivity index (χ2n) is 13.5. The van der Waals surface area contributed by atoms with Crippen LogP contribution in [-0.2, 0) is 25.1 Å². The van der Waals surface area contributed by atoms with Crippen LogP contribution >= 0.6 is 8.53 Å². The summed E-state index contributed by atoms with van der Waals surface area (Å²) in [5.41, 5.74) is 1.04. The van der Waals surface area contributed by atoms with E-state index in [1.807, 2.05) is 4.90 Å². The highest BCUT2D eigenvalue weighted by Crippen LogP contribution is 2.48. The summed E-state index contributed by atoms with van der Waals surface area (Å²) in [6, 6.07) is 10.6. The van der Waals surface area contributed by atoms with Gasteiger partial charge in [-0.25, -0.2) is 9.65 Å². The van der Waals surface area contributed by atoms with Gasteiger partial charge in [0.05, 0.1) is 30.6 Å². The molecule has 2 heterocycles. The Labute approximate surface area is 278 Å². The van der Waals surface area contributed by atoms with Crippen molar-refractivity contribution in [3.8, 4) is 23.3 Å². The van der Waals surface area contributed by atoms with Crippen LogP contribution < -0.4 is 10.2 Å². The summed E-state index contributed by atoms with van der Waals surface area (Å²) in [7, 11) is -1.41. The average molecular weight is 667 g/mol. The SMILES string of the molecule is CC[C@@H]1C[C@@H](OP(OCCC#N)N(C(C)C)C(C)C)CN1C(=O)CCc1cc2nc3ccc(OC(=O)C(C)(C)C)cc3oc-2cc1=O. The molecular formula is C35H47N4O7P. The molecule has 1 unspecified atom stereocenters. The van der Waals surface area contributed by atoms with Gasteiger partial charge in [0.1, 0.15) is 17.0 Å². The molecule has 0 radical (unpaired) electrons. The molecule has 47 heavy (non-hydrogen) atoms. The topological polar surface area (TPSA) is 135 Å². The van der Waals surface area contributed by atoms with E-state index in [4.69, 9.17) is 23.5 Å². The van der Waals surface area contributed by atoms with Crippen LogP contribution in [0.1, 0.15) is 86.6 Å². The summed E-state index contributed by atoms with van der Waals surface area (Å²) >= 11 is 0. The summed E-state index contributed by atoms with van der Waals surface area (Å²) in [6.07, 6.45) is 2.02. The maximum atomic E-state index is 13.5. The van der Waals surface area contributed by atoms with Gasteiger partial charge in [0.15, 0.2) is 16.8 Å². The van der Waals surface area contributed by atoms with Crippen LogP contribution in [0.15, 0.2) is 39.5 Å². The van der Waals surface area contributed by atoms with E-state index in [1.165, 1.54) is 6.07 Å². The molecule has 1 aromatic carbocycles. The Morgan fingerprint density at radius 3 is 2.53 bits per heavy atom. The van der Waals surface area contributed by atoms with Gasteiger partial charge < -0.3 is 23.1 Å². The van der Waals surface area contributed by atoms with Gasteiger partial charge in [0.25, 0.3) is 8.53 Å². The Balaban J connectivity index is 1.45. The molecule has 254 valence electrons.